The molecule has 5 aromatic rings. The molecule has 0 aliphatic carbocycles. The van der Waals surface area contributed by atoms with E-state index in [0.29, 0.717) is 0 Å². The molecule has 5 rings (SSSR count). The minimum atomic E-state index is 0. The molecule has 0 nitrogen and oxygen atoms in total. The Kier molecular flexibility index (Phi) is 17.2. The van der Waals surface area contributed by atoms with Gasteiger partial charge in [-0.1, -0.05) is 61.9 Å². The van der Waals surface area contributed by atoms with E-state index < -0.39 is 0 Å². The molecule has 2 radical (unpaired) electrons. The molecule has 4 heteroatoms. The van der Waals surface area contributed by atoms with E-state index in [1.807, 2.05) is 0 Å². The molecule has 0 spiro atoms. The normalized spacial score (nSPS) is 8.88. The van der Waals surface area contributed by atoms with Gasteiger partial charge in [-0.25, -0.2) is 0 Å². The quantitative estimate of drug-likeness (QED) is 0.159. The van der Waals surface area contributed by atoms with Crippen molar-refractivity contribution in [2.75, 3.05) is 0 Å². The number of benzene rings is 3. The summed E-state index contributed by atoms with van der Waals surface area (Å²) in [6, 6.07) is 34.6. The van der Waals surface area contributed by atoms with Crippen LogP contribution in [-0.2, 0) is 25.6 Å². The molecule has 0 fully saturated rings. The van der Waals surface area contributed by atoms with Gasteiger partial charge in [0.15, 0.2) is 0 Å². The third-order valence-electron chi connectivity index (χ3n) is 5.07. The first-order valence-corrected chi connectivity index (χ1v) is 12.7. The van der Waals surface area contributed by atoms with E-state index in [0.717, 1.165) is 6.42 Å². The van der Waals surface area contributed by atoms with Gasteiger partial charge in [0, 0.05) is 0 Å². The van der Waals surface area contributed by atoms with Crippen LogP contribution in [0.2, 0.25) is 0 Å². The summed E-state index contributed by atoms with van der Waals surface area (Å²) in [5, 5.41) is 5.42. The molecule has 0 saturated carbocycles. The SMILES string of the molecule is CCc1cc2ccccc2[cH-]1.Cc1cc2c(-c3ccccc3)cccc2[cH-]1.Cl.Cl.[CH3-].[CH3-].[Si]=[Ti]. The van der Waals surface area contributed by atoms with Gasteiger partial charge in [0.1, 0.15) is 0 Å². The Bertz CT molecular complexity index is 1160. The number of hydrogen-bond acceptors (Lipinski definition) is 0. The Morgan fingerprint density at radius 2 is 1.33 bits per heavy atom. The van der Waals surface area contributed by atoms with Crippen molar-refractivity contribution in [3.8, 4) is 11.1 Å². The van der Waals surface area contributed by atoms with Gasteiger partial charge in [-0.15, -0.1) is 100.0 Å². The second-order valence-corrected chi connectivity index (χ2v) is 7.05. The zero-order valence-corrected chi connectivity index (χ0v) is 24.0. The Morgan fingerprint density at radius 1 is 0.727 bits per heavy atom. The van der Waals surface area contributed by atoms with E-state index in [9.17, 15) is 0 Å². The number of halogens is 2. The summed E-state index contributed by atoms with van der Waals surface area (Å²) >= 11 is 1.81. The van der Waals surface area contributed by atoms with Crippen LogP contribution in [0.5, 0.6) is 0 Å². The summed E-state index contributed by atoms with van der Waals surface area (Å²) in [5.41, 5.74) is 5.38. The van der Waals surface area contributed by atoms with Crippen LogP contribution in [-0.4, -0.2) is 7.63 Å². The van der Waals surface area contributed by atoms with Gasteiger partial charge in [-0.2, -0.15) is 12.1 Å². The van der Waals surface area contributed by atoms with Crippen molar-refractivity contribution in [3.05, 3.63) is 123 Å². The van der Waals surface area contributed by atoms with E-state index in [4.69, 9.17) is 0 Å². The van der Waals surface area contributed by atoms with Crippen molar-refractivity contribution in [1.29, 1.82) is 0 Å². The van der Waals surface area contributed by atoms with Crippen molar-refractivity contribution in [2.24, 2.45) is 0 Å². The molecule has 0 N–H and O–H groups in total. The second kappa shape index (κ2) is 16.9. The Labute approximate surface area is 226 Å². The third kappa shape index (κ3) is 8.59. The number of aryl methyl sites for hydroxylation is 2. The zero-order valence-electron chi connectivity index (χ0n) is 19.8. The van der Waals surface area contributed by atoms with Crippen LogP contribution in [0, 0.1) is 21.8 Å². The predicted octanol–water partition coefficient (Wildman–Crippen LogP) is 9.02. The molecular weight excluding hydrogens is 495 g/mol. The molecule has 174 valence electrons. The predicted molar refractivity (Wildman–Crippen MR) is 152 cm³/mol. The fourth-order valence-electron chi connectivity index (χ4n) is 3.67. The van der Waals surface area contributed by atoms with E-state index in [1.54, 1.807) is 19.2 Å². The van der Waals surface area contributed by atoms with Gasteiger partial charge in [0.2, 0.25) is 0 Å². The second-order valence-electron chi connectivity index (χ2n) is 7.05. The first kappa shape index (κ1) is 33.6. The fourth-order valence-corrected chi connectivity index (χ4v) is 3.67. The van der Waals surface area contributed by atoms with Gasteiger partial charge >= 0.3 is 26.8 Å². The number of fused-ring (bicyclic) bond motifs is 2. The molecule has 33 heavy (non-hydrogen) atoms. The molecule has 0 atom stereocenters. The molecule has 0 bridgehead atoms. The molecule has 0 saturated heterocycles. The molecular formula is C29H32Cl2SiTi-4. The molecule has 0 aliphatic heterocycles. The van der Waals surface area contributed by atoms with Crippen molar-refractivity contribution in [1.82, 2.24) is 0 Å². The van der Waals surface area contributed by atoms with Crippen molar-refractivity contribution in [3.63, 3.8) is 0 Å². The molecule has 0 aromatic heterocycles. The van der Waals surface area contributed by atoms with E-state index in [1.165, 1.54) is 43.8 Å². The van der Waals surface area contributed by atoms with E-state index in [2.05, 4.69) is 119 Å². The van der Waals surface area contributed by atoms with E-state index >= 15 is 0 Å². The monoisotopic (exact) mass is 526 g/mol. The third-order valence-corrected chi connectivity index (χ3v) is 5.07. The van der Waals surface area contributed by atoms with E-state index in [-0.39, 0.29) is 39.7 Å². The maximum atomic E-state index is 2.97. The molecule has 0 aliphatic rings. The first-order valence-electron chi connectivity index (χ1n) is 9.85. The number of hydrogen-bond donors (Lipinski definition) is 0. The van der Waals surface area contributed by atoms with Gasteiger partial charge in [0.25, 0.3) is 0 Å². The van der Waals surface area contributed by atoms with Crippen LogP contribution in [0.4, 0.5) is 0 Å². The summed E-state index contributed by atoms with van der Waals surface area (Å²) in [6.45, 7) is 4.34. The van der Waals surface area contributed by atoms with Crippen LogP contribution in [0.25, 0.3) is 32.7 Å². The average molecular weight is 527 g/mol. The summed E-state index contributed by atoms with van der Waals surface area (Å²) in [7, 11) is 2.97. The first-order chi connectivity index (χ1) is 14.2. The van der Waals surface area contributed by atoms with Crippen LogP contribution in [0.3, 0.4) is 0 Å². The Hall–Kier alpha value is -1.61. The molecule has 0 unspecified atom stereocenters. The average Bonchev–Trinajstić information content (AvgIpc) is 3.38. The summed E-state index contributed by atoms with van der Waals surface area (Å²) in [4.78, 5) is 0. The Morgan fingerprint density at radius 3 is 1.97 bits per heavy atom. The molecule has 0 amide bonds. The van der Waals surface area contributed by atoms with Gasteiger partial charge in [-0.05, 0) is 12.0 Å². The van der Waals surface area contributed by atoms with Crippen LogP contribution < -0.4 is 0 Å². The van der Waals surface area contributed by atoms with Crippen LogP contribution >= 0.6 is 24.8 Å². The fraction of sp³-hybridized carbons (Fsp3) is 0.103. The van der Waals surface area contributed by atoms with Crippen molar-refractivity contribution in [2.45, 2.75) is 20.3 Å². The minimum absolute atomic E-state index is 0. The van der Waals surface area contributed by atoms with Crippen molar-refractivity contribution < 1.29 is 19.2 Å². The summed E-state index contributed by atoms with van der Waals surface area (Å²) in [5.74, 6) is 0. The van der Waals surface area contributed by atoms with Gasteiger partial charge < -0.3 is 14.9 Å². The summed E-state index contributed by atoms with van der Waals surface area (Å²) in [6.07, 6.45) is 1.13. The van der Waals surface area contributed by atoms with Crippen LogP contribution in [0.15, 0.2) is 97.1 Å². The number of rotatable bonds is 2. The molecule has 5 aromatic carbocycles. The van der Waals surface area contributed by atoms with Crippen molar-refractivity contribution >= 4 is 54.0 Å². The van der Waals surface area contributed by atoms with Gasteiger partial charge in [0.05, 0.1) is 0 Å². The maximum absolute atomic E-state index is 2.97. The standard InChI is InChI=1S/C16H13.C11H11.2CH3.2ClH.Si.Ti/c1-12-10-14-8-5-9-15(16(14)11-12)13-6-3-2-4-7-13;1-2-9-7-10-5-3-4-6-11(10)8-9;;;;;;/h2-11H,1H3;3-8H,2H2,1H3;2*1H3;2*1H;;/q4*-1;;;;. The summed E-state index contributed by atoms with van der Waals surface area (Å²) < 4.78 is 0. The molecule has 0 heterocycles. The zero-order chi connectivity index (χ0) is 20.6. The van der Waals surface area contributed by atoms with Gasteiger partial charge in [-0.3, -0.25) is 0 Å². The Balaban J connectivity index is 0. The topological polar surface area (TPSA) is 0 Å². The van der Waals surface area contributed by atoms with Crippen LogP contribution in [0.1, 0.15) is 18.1 Å².